The van der Waals surface area contributed by atoms with Gasteiger partial charge in [-0.15, -0.1) is 0 Å². The second-order valence-corrected chi connectivity index (χ2v) is 8.94. The van der Waals surface area contributed by atoms with Gasteiger partial charge in [0.15, 0.2) is 11.5 Å². The lowest BCUT2D eigenvalue weighted by Gasteiger charge is -2.26. The first-order valence-corrected chi connectivity index (χ1v) is 11.7. The molecular formula is C29H29NO5. The number of ether oxygens (including phenoxy) is 1. The monoisotopic (exact) mass is 471 g/mol. The van der Waals surface area contributed by atoms with Crippen LogP contribution < -0.4 is 9.64 Å². The van der Waals surface area contributed by atoms with E-state index in [0.29, 0.717) is 29.3 Å². The molecule has 1 unspecified atom stereocenters. The van der Waals surface area contributed by atoms with Gasteiger partial charge in [-0.25, -0.2) is 0 Å². The molecule has 0 saturated carbocycles. The molecule has 0 radical (unpaired) electrons. The van der Waals surface area contributed by atoms with Crippen LogP contribution >= 0.6 is 0 Å². The predicted octanol–water partition coefficient (Wildman–Crippen LogP) is 5.85. The van der Waals surface area contributed by atoms with Crippen molar-refractivity contribution in [3.05, 3.63) is 94.6 Å². The number of nitrogens with zero attached hydrogens (tertiary/aromatic N) is 1. The zero-order valence-corrected chi connectivity index (χ0v) is 20.3. The molecule has 1 saturated heterocycles. The van der Waals surface area contributed by atoms with Crippen LogP contribution in [0.5, 0.6) is 11.5 Å². The number of rotatable bonds is 6. The number of Topliss-reactive ketones (excluding diaryl/α,β-unsaturated/α-hetero) is 1. The molecule has 35 heavy (non-hydrogen) atoms. The third-order valence-corrected chi connectivity index (χ3v) is 6.21. The lowest BCUT2D eigenvalue weighted by molar-refractivity contribution is -0.132. The number of amides is 1. The van der Waals surface area contributed by atoms with Crippen molar-refractivity contribution in [2.24, 2.45) is 0 Å². The summed E-state index contributed by atoms with van der Waals surface area (Å²) >= 11 is 0. The Balaban J connectivity index is 1.93. The van der Waals surface area contributed by atoms with Crippen molar-refractivity contribution in [3.8, 4) is 11.5 Å². The number of aromatic hydroxyl groups is 1. The molecule has 1 fully saturated rings. The first kappa shape index (κ1) is 24.1. The molecule has 0 bridgehead atoms. The van der Waals surface area contributed by atoms with Crippen molar-refractivity contribution in [1.29, 1.82) is 0 Å². The van der Waals surface area contributed by atoms with Gasteiger partial charge < -0.3 is 14.9 Å². The fourth-order valence-electron chi connectivity index (χ4n) is 4.27. The lowest BCUT2D eigenvalue weighted by Crippen LogP contribution is -2.29. The summed E-state index contributed by atoms with van der Waals surface area (Å²) in [7, 11) is 0. The molecule has 2 N–H and O–H groups in total. The molecule has 1 heterocycles. The Kier molecular flexibility index (Phi) is 6.65. The number of aliphatic hydroxyl groups is 1. The summed E-state index contributed by atoms with van der Waals surface area (Å²) in [6, 6.07) is 18.4. The van der Waals surface area contributed by atoms with Crippen LogP contribution in [0.2, 0.25) is 0 Å². The Labute approximate surface area is 205 Å². The van der Waals surface area contributed by atoms with E-state index in [2.05, 4.69) is 13.8 Å². The Hall–Kier alpha value is -4.06. The van der Waals surface area contributed by atoms with Crippen LogP contribution in [0.1, 0.15) is 55.0 Å². The van der Waals surface area contributed by atoms with Crippen molar-refractivity contribution in [2.45, 2.75) is 39.7 Å². The lowest BCUT2D eigenvalue weighted by atomic mass is 9.94. The number of anilines is 1. The van der Waals surface area contributed by atoms with Crippen LogP contribution in [0.4, 0.5) is 5.69 Å². The number of hydrogen-bond acceptors (Lipinski definition) is 5. The van der Waals surface area contributed by atoms with Gasteiger partial charge >= 0.3 is 0 Å². The van der Waals surface area contributed by atoms with E-state index in [1.807, 2.05) is 43.3 Å². The van der Waals surface area contributed by atoms with Crippen LogP contribution in [-0.4, -0.2) is 28.5 Å². The van der Waals surface area contributed by atoms with E-state index < -0.39 is 17.7 Å². The number of carbonyl (C=O) groups is 2. The minimum atomic E-state index is -0.902. The molecule has 6 heteroatoms. The molecule has 180 valence electrons. The molecular weight excluding hydrogens is 442 g/mol. The summed E-state index contributed by atoms with van der Waals surface area (Å²) in [5.74, 6) is -1.25. The zero-order valence-electron chi connectivity index (χ0n) is 20.3. The second kappa shape index (κ2) is 9.66. The maximum atomic E-state index is 13.3. The second-order valence-electron chi connectivity index (χ2n) is 8.94. The minimum Gasteiger partial charge on any atom is -0.507 e. The number of carbonyl (C=O) groups excluding carboxylic acids is 2. The SMILES string of the molecule is CCOc1cc(C2/C(=C(/O)c3ccc(C)cc3)C(=O)C(=O)N2c2ccc(C(C)C)cc2)ccc1O. The Bertz CT molecular complexity index is 1290. The summed E-state index contributed by atoms with van der Waals surface area (Å²) in [6.45, 7) is 8.21. The van der Waals surface area contributed by atoms with Gasteiger partial charge in [0.25, 0.3) is 11.7 Å². The first-order valence-electron chi connectivity index (χ1n) is 11.7. The Morgan fingerprint density at radius 2 is 1.66 bits per heavy atom. The summed E-state index contributed by atoms with van der Waals surface area (Å²) < 4.78 is 5.55. The molecule has 0 aliphatic carbocycles. The van der Waals surface area contributed by atoms with Gasteiger partial charge in [0.1, 0.15) is 5.76 Å². The molecule has 0 spiro atoms. The van der Waals surface area contributed by atoms with Gasteiger partial charge in [-0.1, -0.05) is 61.9 Å². The predicted molar refractivity (Wildman–Crippen MR) is 136 cm³/mol. The molecule has 1 aliphatic rings. The summed E-state index contributed by atoms with van der Waals surface area (Å²) in [5, 5.41) is 21.5. The molecule has 4 rings (SSSR count). The number of phenolic OH excluding ortho intramolecular Hbond substituents is 1. The largest absolute Gasteiger partial charge is 0.507 e. The van der Waals surface area contributed by atoms with E-state index >= 15 is 0 Å². The van der Waals surface area contributed by atoms with Gasteiger partial charge in [-0.05, 0) is 55.2 Å². The van der Waals surface area contributed by atoms with E-state index in [-0.39, 0.29) is 22.8 Å². The van der Waals surface area contributed by atoms with Gasteiger partial charge in [0, 0.05) is 11.3 Å². The van der Waals surface area contributed by atoms with Crippen molar-refractivity contribution in [2.75, 3.05) is 11.5 Å². The zero-order chi connectivity index (χ0) is 25.3. The summed E-state index contributed by atoms with van der Waals surface area (Å²) in [6.07, 6.45) is 0. The standard InChI is InChI=1S/C29H29NO5/c1-5-35-24-16-21(12-15-23(24)31)26-25(27(32)20-8-6-18(4)7-9-20)28(33)29(34)30(26)22-13-10-19(11-14-22)17(2)3/h6-17,26,31-32H,5H2,1-4H3/b27-25-. The molecule has 6 nitrogen and oxygen atoms in total. The van der Waals surface area contributed by atoms with Crippen molar-refractivity contribution in [3.63, 3.8) is 0 Å². The number of aliphatic hydroxyl groups excluding tert-OH is 1. The summed E-state index contributed by atoms with van der Waals surface area (Å²) in [4.78, 5) is 28.1. The third kappa shape index (κ3) is 4.52. The maximum absolute atomic E-state index is 13.3. The highest BCUT2D eigenvalue weighted by atomic mass is 16.5. The number of ketones is 1. The fraction of sp³-hybridized carbons (Fsp3) is 0.241. The maximum Gasteiger partial charge on any atom is 0.300 e. The van der Waals surface area contributed by atoms with Crippen molar-refractivity contribution < 1.29 is 24.5 Å². The van der Waals surface area contributed by atoms with Gasteiger partial charge in [0.2, 0.25) is 0 Å². The quantitative estimate of drug-likeness (QED) is 0.268. The van der Waals surface area contributed by atoms with E-state index in [4.69, 9.17) is 4.74 Å². The molecule has 1 atom stereocenters. The van der Waals surface area contributed by atoms with Crippen molar-refractivity contribution >= 4 is 23.1 Å². The van der Waals surface area contributed by atoms with E-state index in [9.17, 15) is 19.8 Å². The molecule has 3 aromatic carbocycles. The Morgan fingerprint density at radius 1 is 1.00 bits per heavy atom. The number of phenols is 1. The number of benzene rings is 3. The van der Waals surface area contributed by atoms with Gasteiger partial charge in [-0.2, -0.15) is 0 Å². The van der Waals surface area contributed by atoms with E-state index in [1.54, 1.807) is 31.2 Å². The fourth-order valence-corrected chi connectivity index (χ4v) is 4.27. The van der Waals surface area contributed by atoms with Crippen molar-refractivity contribution in [1.82, 2.24) is 0 Å². The molecule has 0 aromatic heterocycles. The topological polar surface area (TPSA) is 87.1 Å². The third-order valence-electron chi connectivity index (χ3n) is 6.21. The average Bonchev–Trinajstić information content (AvgIpc) is 3.11. The van der Waals surface area contributed by atoms with E-state index in [1.165, 1.54) is 11.0 Å². The van der Waals surface area contributed by atoms with Crippen LogP contribution in [0, 0.1) is 6.92 Å². The minimum absolute atomic E-state index is 0.0140. The highest BCUT2D eigenvalue weighted by Gasteiger charge is 2.47. The van der Waals surface area contributed by atoms with Gasteiger partial charge in [-0.3, -0.25) is 14.5 Å². The Morgan fingerprint density at radius 3 is 2.26 bits per heavy atom. The van der Waals surface area contributed by atoms with E-state index in [0.717, 1.165) is 11.1 Å². The highest BCUT2D eigenvalue weighted by Crippen LogP contribution is 2.44. The molecule has 1 aliphatic heterocycles. The highest BCUT2D eigenvalue weighted by molar-refractivity contribution is 6.51. The summed E-state index contributed by atoms with van der Waals surface area (Å²) in [5.41, 5.74) is 3.61. The smallest absolute Gasteiger partial charge is 0.300 e. The van der Waals surface area contributed by atoms with Crippen LogP contribution in [0.3, 0.4) is 0 Å². The van der Waals surface area contributed by atoms with Crippen LogP contribution in [0.25, 0.3) is 5.76 Å². The number of hydrogen-bond donors (Lipinski definition) is 2. The number of aryl methyl sites for hydroxylation is 1. The normalized spacial score (nSPS) is 17.3. The molecule has 3 aromatic rings. The van der Waals surface area contributed by atoms with Gasteiger partial charge in [0.05, 0.1) is 18.2 Å². The molecule has 1 amide bonds. The van der Waals surface area contributed by atoms with Crippen LogP contribution in [0.15, 0.2) is 72.3 Å². The van der Waals surface area contributed by atoms with Crippen LogP contribution in [-0.2, 0) is 9.59 Å². The first-order chi connectivity index (χ1) is 16.7. The average molecular weight is 472 g/mol.